The number of halogens is 3. The van der Waals surface area contributed by atoms with Crippen LogP contribution in [0.5, 0.6) is 5.75 Å². The second kappa shape index (κ2) is 13.7. The van der Waals surface area contributed by atoms with Crippen LogP contribution in [0.25, 0.3) is 11.3 Å². The van der Waals surface area contributed by atoms with Gasteiger partial charge in [0.05, 0.1) is 5.57 Å². The summed E-state index contributed by atoms with van der Waals surface area (Å²) in [6.07, 6.45) is 6.26. The number of nitrogens with zero attached hydrogens (tertiary/aromatic N) is 5. The number of anilines is 2. The predicted octanol–water partition coefficient (Wildman–Crippen LogP) is 5.75. The van der Waals surface area contributed by atoms with E-state index in [1.165, 1.54) is 47.9 Å². The molecular weight excluding hydrogens is 546 g/mol. The number of hydrogen-bond acceptors (Lipinski definition) is 8. The molecule has 0 atom stereocenters. The zero-order chi connectivity index (χ0) is 28.7. The Kier molecular flexibility index (Phi) is 10.6. The molecule has 0 aliphatic carbocycles. The highest BCUT2D eigenvalue weighted by Gasteiger charge is 2.27. The van der Waals surface area contributed by atoms with Crippen LogP contribution in [0.15, 0.2) is 59.9 Å². The van der Waals surface area contributed by atoms with Gasteiger partial charge in [-0.1, -0.05) is 48.2 Å². The lowest BCUT2D eigenvalue weighted by Gasteiger charge is -2.35. The van der Waals surface area contributed by atoms with Gasteiger partial charge in [-0.05, 0) is 45.1 Å². The highest BCUT2D eigenvalue weighted by Crippen LogP contribution is 2.43. The average Bonchev–Trinajstić information content (AvgIpc) is 3.30. The summed E-state index contributed by atoms with van der Waals surface area (Å²) in [5, 5.41) is 4.22. The van der Waals surface area contributed by atoms with Gasteiger partial charge in [0, 0.05) is 50.0 Å². The summed E-state index contributed by atoms with van der Waals surface area (Å²) < 4.78 is 31.3. The fourth-order valence-corrected chi connectivity index (χ4v) is 5.38. The van der Waals surface area contributed by atoms with Crippen molar-refractivity contribution in [3.8, 4) is 17.0 Å². The number of ether oxygens (including phenoxy) is 1. The molecule has 0 spiro atoms. The van der Waals surface area contributed by atoms with Crippen LogP contribution >= 0.6 is 22.9 Å². The number of hydrogen-bond donors (Lipinski definition) is 1. The van der Waals surface area contributed by atoms with E-state index in [1.807, 2.05) is 0 Å². The van der Waals surface area contributed by atoms with E-state index in [1.54, 1.807) is 19.0 Å². The molecule has 1 aliphatic rings. The van der Waals surface area contributed by atoms with Gasteiger partial charge in [0.2, 0.25) is 0 Å². The summed E-state index contributed by atoms with van der Waals surface area (Å²) >= 11 is 7.50. The lowest BCUT2D eigenvalue weighted by Crippen LogP contribution is -2.41. The van der Waals surface area contributed by atoms with E-state index in [0.29, 0.717) is 27.0 Å². The zero-order valence-corrected chi connectivity index (χ0v) is 24.0. The number of carbonyl (C=O) groups excluding carboxylic acids is 1. The summed E-state index contributed by atoms with van der Waals surface area (Å²) in [6, 6.07) is 4.77. The first kappa shape index (κ1) is 30.3. The van der Waals surface area contributed by atoms with Gasteiger partial charge in [-0.2, -0.15) is 8.78 Å². The topological polar surface area (TPSA) is 73.3 Å². The van der Waals surface area contributed by atoms with Gasteiger partial charge in [0.25, 0.3) is 5.91 Å². The fraction of sp³-hybridized carbons (Fsp3) is 0.370. The molecule has 1 saturated heterocycles. The van der Waals surface area contributed by atoms with E-state index in [9.17, 15) is 13.6 Å². The Bertz CT molecular complexity index is 1250. The minimum absolute atomic E-state index is 0.0999. The number of piperidine rings is 1. The van der Waals surface area contributed by atoms with Crippen molar-refractivity contribution >= 4 is 45.2 Å². The van der Waals surface area contributed by atoms with Crippen molar-refractivity contribution in [2.24, 2.45) is 4.99 Å². The molecule has 1 fully saturated rings. The minimum Gasteiger partial charge on any atom is -0.434 e. The maximum Gasteiger partial charge on any atom is 0.387 e. The predicted molar refractivity (Wildman–Crippen MR) is 156 cm³/mol. The number of nitrogens with one attached hydrogen (secondary N) is 1. The number of rotatable bonds is 11. The first-order chi connectivity index (χ1) is 18.5. The van der Waals surface area contributed by atoms with Crippen molar-refractivity contribution in [3.05, 3.63) is 59.9 Å². The van der Waals surface area contributed by atoms with Crippen LogP contribution in [0.1, 0.15) is 12.8 Å². The Morgan fingerprint density at radius 2 is 1.97 bits per heavy atom. The Hall–Kier alpha value is -3.28. The first-order valence-electron chi connectivity index (χ1n) is 12.2. The number of benzene rings is 1. The quantitative estimate of drug-likeness (QED) is 0.208. The Labute approximate surface area is 236 Å². The molecule has 3 rings (SSSR count). The molecule has 1 amide bonds. The number of thiazole rings is 1. The molecule has 39 heavy (non-hydrogen) atoms. The molecule has 1 aromatic heterocycles. The Balaban J connectivity index is 2.09. The Morgan fingerprint density at radius 1 is 1.28 bits per heavy atom. The molecule has 0 unspecified atom stereocenters. The number of carbonyl (C=O) groups is 1. The van der Waals surface area contributed by atoms with Gasteiger partial charge >= 0.3 is 6.61 Å². The summed E-state index contributed by atoms with van der Waals surface area (Å²) in [4.78, 5) is 28.6. The molecule has 1 aliphatic heterocycles. The van der Waals surface area contributed by atoms with E-state index in [4.69, 9.17) is 21.3 Å². The fourth-order valence-electron chi connectivity index (χ4n) is 4.18. The zero-order valence-electron chi connectivity index (χ0n) is 22.5. The highest BCUT2D eigenvalue weighted by atomic mass is 35.5. The second-order valence-corrected chi connectivity index (χ2v) is 10.6. The molecule has 8 nitrogen and oxygen atoms in total. The van der Waals surface area contributed by atoms with Crippen LogP contribution in [0.3, 0.4) is 0 Å². The molecule has 2 heterocycles. The number of aromatic nitrogens is 1. The van der Waals surface area contributed by atoms with Crippen molar-refractivity contribution in [2.45, 2.75) is 25.5 Å². The van der Waals surface area contributed by atoms with Gasteiger partial charge in [-0.3, -0.25) is 4.79 Å². The number of allylic oxidation sites excluding steroid dienone is 1. The minimum atomic E-state index is -3.05. The third-order valence-electron chi connectivity index (χ3n) is 6.14. The smallest absolute Gasteiger partial charge is 0.387 e. The lowest BCUT2D eigenvalue weighted by atomic mass is 10.0. The molecule has 12 heteroatoms. The van der Waals surface area contributed by atoms with E-state index >= 15 is 0 Å². The molecule has 210 valence electrons. The van der Waals surface area contributed by atoms with Crippen LogP contribution < -0.4 is 15.0 Å². The normalized spacial score (nSPS) is 15.1. The number of alkyl halides is 2. The molecule has 0 radical (unpaired) electrons. The van der Waals surface area contributed by atoms with E-state index in [2.05, 4.69) is 47.4 Å². The highest BCUT2D eigenvalue weighted by molar-refractivity contribution is 7.20. The van der Waals surface area contributed by atoms with E-state index < -0.39 is 12.5 Å². The van der Waals surface area contributed by atoms with Crippen molar-refractivity contribution in [1.29, 1.82) is 0 Å². The van der Waals surface area contributed by atoms with Gasteiger partial charge in [-0.15, -0.1) is 0 Å². The van der Waals surface area contributed by atoms with E-state index in [-0.39, 0.29) is 22.6 Å². The van der Waals surface area contributed by atoms with Crippen LogP contribution in [0.4, 0.5) is 18.9 Å². The van der Waals surface area contributed by atoms with Crippen molar-refractivity contribution in [2.75, 3.05) is 51.5 Å². The molecule has 0 saturated carbocycles. The van der Waals surface area contributed by atoms with Gasteiger partial charge in [0.1, 0.15) is 22.3 Å². The SMILES string of the molecule is C=C/C=N\C(=C(\C=C)C(=O)Nc1sc(N2CCC(N(C)C)CC2)nc1-c1cc(Cl)ccc1OC(F)F)N(C)C. The van der Waals surface area contributed by atoms with Crippen molar-refractivity contribution in [1.82, 2.24) is 14.8 Å². The summed E-state index contributed by atoms with van der Waals surface area (Å²) in [5.41, 5.74) is 0.729. The van der Waals surface area contributed by atoms with Crippen LogP contribution in [0.2, 0.25) is 5.02 Å². The maximum atomic E-state index is 13.5. The molecular formula is C27H33ClF2N6O2S. The van der Waals surface area contributed by atoms with Gasteiger partial charge < -0.3 is 24.8 Å². The average molecular weight is 579 g/mol. The third-order valence-corrected chi connectivity index (χ3v) is 7.40. The second-order valence-electron chi connectivity index (χ2n) is 9.18. The summed E-state index contributed by atoms with van der Waals surface area (Å²) in [6.45, 7) is 5.88. The van der Waals surface area contributed by atoms with Crippen LogP contribution in [-0.2, 0) is 4.79 Å². The van der Waals surface area contributed by atoms with E-state index in [0.717, 1.165) is 25.9 Å². The Morgan fingerprint density at radius 3 is 2.54 bits per heavy atom. The van der Waals surface area contributed by atoms with Crippen molar-refractivity contribution < 1.29 is 18.3 Å². The molecule has 2 aromatic rings. The lowest BCUT2D eigenvalue weighted by molar-refractivity contribution is -0.112. The number of amides is 1. The standard InChI is InChI=1S/C27H33ClF2N6O2S/c1-7-13-31-23(35(5)6)19(8-2)24(37)33-25-22(20-16-17(28)9-10-21(20)38-26(29)30)32-27(39-25)36-14-11-18(12-15-36)34(3)4/h7-10,13,16,18,26H,1-2,11-12,14-15H2,3-6H3,(H,33,37)/b23-19+,31-13-. The third kappa shape index (κ3) is 7.65. The number of aliphatic imine (C=N–C) groups is 1. The monoisotopic (exact) mass is 578 g/mol. The first-order valence-corrected chi connectivity index (χ1v) is 13.4. The molecule has 1 aromatic carbocycles. The van der Waals surface area contributed by atoms with Crippen molar-refractivity contribution in [3.63, 3.8) is 0 Å². The maximum absolute atomic E-state index is 13.5. The largest absolute Gasteiger partial charge is 0.434 e. The summed E-state index contributed by atoms with van der Waals surface area (Å²) in [5.74, 6) is -0.225. The van der Waals surface area contributed by atoms with Gasteiger partial charge in [0.15, 0.2) is 5.13 Å². The summed E-state index contributed by atoms with van der Waals surface area (Å²) in [7, 11) is 7.62. The molecule has 0 bridgehead atoms. The van der Waals surface area contributed by atoms with Crippen LogP contribution in [0, 0.1) is 0 Å². The molecule has 1 N–H and O–H groups in total. The van der Waals surface area contributed by atoms with Crippen LogP contribution in [-0.4, -0.2) is 80.8 Å². The van der Waals surface area contributed by atoms with Gasteiger partial charge in [-0.25, -0.2) is 9.98 Å².